The minimum Gasteiger partial charge on any atom is -0.387 e. The van der Waals surface area contributed by atoms with Gasteiger partial charge >= 0.3 is 0 Å². The van der Waals surface area contributed by atoms with Gasteiger partial charge in [0.1, 0.15) is 0 Å². The molecule has 0 saturated heterocycles. The van der Waals surface area contributed by atoms with E-state index in [4.69, 9.17) is 0 Å². The molecule has 106 valence electrons. The van der Waals surface area contributed by atoms with Gasteiger partial charge in [0.2, 0.25) is 5.91 Å². The molecule has 0 radical (unpaired) electrons. The largest absolute Gasteiger partial charge is 0.387 e. The lowest BCUT2D eigenvalue weighted by molar-refractivity contribution is -0.122. The third kappa shape index (κ3) is 4.62. The zero-order valence-corrected chi connectivity index (χ0v) is 12.3. The van der Waals surface area contributed by atoms with Crippen molar-refractivity contribution in [1.29, 1.82) is 0 Å². The van der Waals surface area contributed by atoms with Crippen LogP contribution in [-0.2, 0) is 4.79 Å². The summed E-state index contributed by atoms with van der Waals surface area (Å²) >= 11 is 1.56. The van der Waals surface area contributed by atoms with Crippen LogP contribution in [0.1, 0.15) is 50.7 Å². The second-order valence-electron chi connectivity index (χ2n) is 5.72. The summed E-state index contributed by atoms with van der Waals surface area (Å²) < 4.78 is 0. The molecule has 2 rings (SSSR count). The van der Waals surface area contributed by atoms with Crippen molar-refractivity contribution in [2.24, 2.45) is 11.8 Å². The lowest BCUT2D eigenvalue weighted by Crippen LogP contribution is -2.30. The summed E-state index contributed by atoms with van der Waals surface area (Å²) in [5.74, 6) is 1.36. The maximum Gasteiger partial charge on any atom is 0.220 e. The fourth-order valence-corrected chi connectivity index (χ4v) is 3.58. The van der Waals surface area contributed by atoms with E-state index in [2.05, 4.69) is 12.2 Å². The Hall–Kier alpha value is -0.870. The van der Waals surface area contributed by atoms with Gasteiger partial charge in [-0.2, -0.15) is 11.3 Å². The Morgan fingerprint density at radius 1 is 1.58 bits per heavy atom. The number of aliphatic hydroxyl groups is 1. The molecular formula is C15H23NO2S. The molecule has 3 nitrogen and oxygen atoms in total. The Labute approximate surface area is 119 Å². The van der Waals surface area contributed by atoms with Crippen LogP contribution >= 0.6 is 11.3 Å². The van der Waals surface area contributed by atoms with Crippen molar-refractivity contribution in [2.45, 2.75) is 45.1 Å². The van der Waals surface area contributed by atoms with Gasteiger partial charge in [-0.25, -0.2) is 0 Å². The van der Waals surface area contributed by atoms with Crippen molar-refractivity contribution in [1.82, 2.24) is 5.32 Å². The maximum absolute atomic E-state index is 11.9. The maximum atomic E-state index is 11.9. The van der Waals surface area contributed by atoms with Gasteiger partial charge in [0, 0.05) is 13.0 Å². The van der Waals surface area contributed by atoms with Crippen LogP contribution in [0.25, 0.3) is 0 Å². The predicted molar refractivity (Wildman–Crippen MR) is 78.0 cm³/mol. The average molecular weight is 281 g/mol. The van der Waals surface area contributed by atoms with Crippen LogP contribution in [0.2, 0.25) is 0 Å². The number of nitrogens with one attached hydrogen (secondary N) is 1. The first-order valence-corrected chi connectivity index (χ1v) is 8.06. The molecule has 1 aliphatic carbocycles. The van der Waals surface area contributed by atoms with E-state index in [1.54, 1.807) is 11.3 Å². The Bertz CT molecular complexity index is 391. The van der Waals surface area contributed by atoms with Gasteiger partial charge in [-0.15, -0.1) is 0 Å². The van der Waals surface area contributed by atoms with E-state index in [9.17, 15) is 9.90 Å². The van der Waals surface area contributed by atoms with Crippen LogP contribution in [0.15, 0.2) is 16.8 Å². The SMILES string of the molecule is CC1CCCC(CC(=O)NCC(O)c2ccsc2)C1. The summed E-state index contributed by atoms with van der Waals surface area (Å²) in [4.78, 5) is 11.9. The van der Waals surface area contributed by atoms with E-state index in [0.29, 0.717) is 18.9 Å². The Morgan fingerprint density at radius 2 is 2.42 bits per heavy atom. The molecule has 3 unspecified atom stereocenters. The second kappa shape index (κ2) is 7.06. The quantitative estimate of drug-likeness (QED) is 0.871. The Morgan fingerprint density at radius 3 is 3.11 bits per heavy atom. The van der Waals surface area contributed by atoms with Crippen LogP contribution < -0.4 is 5.32 Å². The molecule has 2 N–H and O–H groups in total. The van der Waals surface area contributed by atoms with E-state index in [-0.39, 0.29) is 5.91 Å². The third-order valence-electron chi connectivity index (χ3n) is 3.94. The van der Waals surface area contributed by atoms with Crippen LogP contribution in [0.5, 0.6) is 0 Å². The van der Waals surface area contributed by atoms with E-state index in [0.717, 1.165) is 11.5 Å². The van der Waals surface area contributed by atoms with Gasteiger partial charge in [0.15, 0.2) is 0 Å². The van der Waals surface area contributed by atoms with Crippen molar-refractivity contribution >= 4 is 17.2 Å². The first kappa shape index (κ1) is 14.5. The highest BCUT2D eigenvalue weighted by Crippen LogP contribution is 2.30. The van der Waals surface area contributed by atoms with Gasteiger partial charge in [-0.1, -0.05) is 19.8 Å². The molecular weight excluding hydrogens is 258 g/mol. The van der Waals surface area contributed by atoms with E-state index in [1.165, 1.54) is 25.7 Å². The van der Waals surface area contributed by atoms with Gasteiger partial charge in [0.25, 0.3) is 0 Å². The predicted octanol–water partition coefficient (Wildman–Crippen LogP) is 3.11. The minimum atomic E-state index is -0.583. The normalized spacial score (nSPS) is 24.9. The Balaban J connectivity index is 1.69. The summed E-state index contributed by atoms with van der Waals surface area (Å²) in [5.41, 5.74) is 0.886. The van der Waals surface area contributed by atoms with Gasteiger partial charge in [-0.3, -0.25) is 4.79 Å². The average Bonchev–Trinajstić information content (AvgIpc) is 2.90. The third-order valence-corrected chi connectivity index (χ3v) is 4.64. The summed E-state index contributed by atoms with van der Waals surface area (Å²) in [6.45, 7) is 2.59. The van der Waals surface area contributed by atoms with Crippen molar-refractivity contribution in [2.75, 3.05) is 6.54 Å². The van der Waals surface area contributed by atoms with E-state index in [1.807, 2.05) is 16.8 Å². The number of rotatable bonds is 5. The first-order valence-electron chi connectivity index (χ1n) is 7.12. The van der Waals surface area contributed by atoms with Crippen LogP contribution in [-0.4, -0.2) is 17.6 Å². The van der Waals surface area contributed by atoms with Gasteiger partial charge in [-0.05, 0) is 47.1 Å². The van der Waals surface area contributed by atoms with Crippen LogP contribution in [0, 0.1) is 11.8 Å². The zero-order chi connectivity index (χ0) is 13.7. The van der Waals surface area contributed by atoms with Crippen molar-refractivity contribution in [3.05, 3.63) is 22.4 Å². The molecule has 1 fully saturated rings. The van der Waals surface area contributed by atoms with Crippen molar-refractivity contribution < 1.29 is 9.90 Å². The zero-order valence-electron chi connectivity index (χ0n) is 11.5. The molecule has 0 aliphatic heterocycles. The molecule has 1 aromatic rings. The Kier molecular flexibility index (Phi) is 5.40. The highest BCUT2D eigenvalue weighted by molar-refractivity contribution is 7.07. The summed E-state index contributed by atoms with van der Waals surface area (Å²) in [7, 11) is 0. The molecule has 1 heterocycles. The van der Waals surface area contributed by atoms with Crippen molar-refractivity contribution in [3.63, 3.8) is 0 Å². The van der Waals surface area contributed by atoms with E-state index >= 15 is 0 Å². The molecule has 1 aromatic heterocycles. The van der Waals surface area contributed by atoms with E-state index < -0.39 is 6.10 Å². The first-order chi connectivity index (χ1) is 9.15. The topological polar surface area (TPSA) is 49.3 Å². The molecule has 3 atom stereocenters. The number of hydrogen-bond donors (Lipinski definition) is 2. The molecule has 0 bridgehead atoms. The monoisotopic (exact) mass is 281 g/mol. The molecule has 1 amide bonds. The summed E-state index contributed by atoms with van der Waals surface area (Å²) in [5, 5.41) is 16.6. The fourth-order valence-electron chi connectivity index (χ4n) is 2.87. The fraction of sp³-hybridized carbons (Fsp3) is 0.667. The van der Waals surface area contributed by atoms with Gasteiger partial charge < -0.3 is 10.4 Å². The van der Waals surface area contributed by atoms with Crippen LogP contribution in [0.4, 0.5) is 0 Å². The summed E-state index contributed by atoms with van der Waals surface area (Å²) in [6, 6.07) is 1.89. The minimum absolute atomic E-state index is 0.0772. The number of carbonyl (C=O) groups is 1. The lowest BCUT2D eigenvalue weighted by Gasteiger charge is -2.26. The number of amides is 1. The number of carbonyl (C=O) groups excluding carboxylic acids is 1. The molecule has 19 heavy (non-hydrogen) atoms. The molecule has 1 aliphatic rings. The molecule has 0 spiro atoms. The smallest absolute Gasteiger partial charge is 0.220 e. The van der Waals surface area contributed by atoms with Crippen molar-refractivity contribution in [3.8, 4) is 0 Å². The molecule has 4 heteroatoms. The number of thiophene rings is 1. The highest BCUT2D eigenvalue weighted by Gasteiger charge is 2.21. The second-order valence-corrected chi connectivity index (χ2v) is 6.50. The van der Waals surface area contributed by atoms with Gasteiger partial charge in [0.05, 0.1) is 6.10 Å². The lowest BCUT2D eigenvalue weighted by atomic mass is 9.81. The summed E-state index contributed by atoms with van der Waals surface area (Å²) in [6.07, 6.45) is 4.91. The number of aliphatic hydroxyl groups excluding tert-OH is 1. The highest BCUT2D eigenvalue weighted by atomic mass is 32.1. The molecule has 0 aromatic carbocycles. The molecule has 1 saturated carbocycles. The standard InChI is InChI=1S/C15H23NO2S/c1-11-3-2-4-12(7-11)8-15(18)16-9-14(17)13-5-6-19-10-13/h5-6,10-12,14,17H,2-4,7-9H2,1H3,(H,16,18). The van der Waals surface area contributed by atoms with Crippen LogP contribution in [0.3, 0.4) is 0 Å². The number of hydrogen-bond acceptors (Lipinski definition) is 3.